The van der Waals surface area contributed by atoms with E-state index in [2.05, 4.69) is 0 Å². The van der Waals surface area contributed by atoms with Crippen LogP contribution >= 0.6 is 0 Å². The number of likely N-dealkylation sites (tertiary alicyclic amines) is 1. The molecule has 2 aliphatic rings. The maximum absolute atomic E-state index is 14.0. The predicted molar refractivity (Wildman–Crippen MR) is 79.6 cm³/mol. The normalized spacial score (nSPS) is 21.1. The summed E-state index contributed by atoms with van der Waals surface area (Å²) in [5.41, 5.74) is 0.388. The maximum Gasteiger partial charge on any atom is 0.308 e. The summed E-state index contributed by atoms with van der Waals surface area (Å²) in [5.74, 6) is -2.78. The molecule has 0 aliphatic carbocycles. The minimum absolute atomic E-state index is 0.0397. The van der Waals surface area contributed by atoms with Crippen molar-refractivity contribution in [3.05, 3.63) is 29.6 Å². The molecule has 1 atom stereocenters. The van der Waals surface area contributed by atoms with Gasteiger partial charge in [-0.05, 0) is 31.0 Å². The lowest BCUT2D eigenvalue weighted by Gasteiger charge is -2.19. The van der Waals surface area contributed by atoms with Crippen LogP contribution in [0.1, 0.15) is 29.6 Å². The average molecular weight is 320 g/mol. The third-order valence-corrected chi connectivity index (χ3v) is 4.39. The highest BCUT2D eigenvalue weighted by Gasteiger charge is 2.32. The van der Waals surface area contributed by atoms with Crippen molar-refractivity contribution in [2.24, 2.45) is 5.92 Å². The number of rotatable bonds is 3. The summed E-state index contributed by atoms with van der Waals surface area (Å²) >= 11 is 0. The lowest BCUT2D eigenvalue weighted by atomic mass is 10.1. The Hall–Kier alpha value is -2.44. The standard InChI is InChI=1S/C16H17FN2O4/c17-13-4-3-11(19-6-1-2-14(19)20)8-12(13)15(21)18-7-5-10(9-18)16(22)23/h3-4,8,10H,1-2,5-7,9H2,(H,22,23)/t10-/m1/s1. The van der Waals surface area contributed by atoms with Crippen molar-refractivity contribution >= 4 is 23.5 Å². The van der Waals surface area contributed by atoms with Crippen LogP contribution < -0.4 is 4.90 Å². The Labute approximate surface area is 132 Å². The molecule has 1 aromatic carbocycles. The Bertz CT molecular complexity index is 676. The summed E-state index contributed by atoms with van der Waals surface area (Å²) in [7, 11) is 0. The number of aliphatic carboxylic acids is 1. The van der Waals surface area contributed by atoms with Crippen molar-refractivity contribution in [3.63, 3.8) is 0 Å². The van der Waals surface area contributed by atoms with Crippen LogP contribution in [0.2, 0.25) is 0 Å². The first-order chi connectivity index (χ1) is 11.0. The quantitative estimate of drug-likeness (QED) is 0.915. The minimum Gasteiger partial charge on any atom is -0.481 e. The van der Waals surface area contributed by atoms with Crippen LogP contribution in [0.5, 0.6) is 0 Å². The number of nitrogens with zero attached hydrogens (tertiary/aromatic N) is 2. The van der Waals surface area contributed by atoms with Gasteiger partial charge in [0.15, 0.2) is 0 Å². The van der Waals surface area contributed by atoms with Crippen LogP contribution in [0, 0.1) is 11.7 Å². The fourth-order valence-electron chi connectivity index (χ4n) is 3.08. The number of carbonyl (C=O) groups excluding carboxylic acids is 2. The van der Waals surface area contributed by atoms with Crippen molar-refractivity contribution in [1.29, 1.82) is 0 Å². The smallest absolute Gasteiger partial charge is 0.308 e. The summed E-state index contributed by atoms with van der Waals surface area (Å²) in [6.07, 6.45) is 1.56. The predicted octanol–water partition coefficient (Wildman–Crippen LogP) is 1.50. The maximum atomic E-state index is 14.0. The molecular formula is C16H17FN2O4. The zero-order valence-corrected chi connectivity index (χ0v) is 12.5. The molecule has 0 aromatic heterocycles. The number of halogens is 1. The van der Waals surface area contributed by atoms with Crippen molar-refractivity contribution in [3.8, 4) is 0 Å². The first-order valence-corrected chi connectivity index (χ1v) is 7.59. The Balaban J connectivity index is 1.83. The number of amides is 2. The van der Waals surface area contributed by atoms with Gasteiger partial charge in [-0.3, -0.25) is 14.4 Å². The van der Waals surface area contributed by atoms with Crippen molar-refractivity contribution in [1.82, 2.24) is 4.90 Å². The van der Waals surface area contributed by atoms with E-state index in [1.807, 2.05) is 0 Å². The number of carbonyl (C=O) groups is 3. The highest BCUT2D eigenvalue weighted by molar-refractivity contribution is 5.99. The van der Waals surface area contributed by atoms with E-state index in [9.17, 15) is 18.8 Å². The van der Waals surface area contributed by atoms with Gasteiger partial charge in [0.05, 0.1) is 11.5 Å². The summed E-state index contributed by atoms with van der Waals surface area (Å²) in [4.78, 5) is 38.1. The lowest BCUT2D eigenvalue weighted by Crippen LogP contribution is -2.31. The van der Waals surface area contributed by atoms with E-state index in [1.165, 1.54) is 23.1 Å². The van der Waals surface area contributed by atoms with Gasteiger partial charge in [-0.1, -0.05) is 0 Å². The second-order valence-corrected chi connectivity index (χ2v) is 5.89. The lowest BCUT2D eigenvalue weighted by molar-refractivity contribution is -0.141. The Morgan fingerprint density at radius 2 is 2.04 bits per heavy atom. The number of hydrogen-bond donors (Lipinski definition) is 1. The second-order valence-electron chi connectivity index (χ2n) is 5.89. The van der Waals surface area contributed by atoms with Gasteiger partial charge >= 0.3 is 5.97 Å². The van der Waals surface area contributed by atoms with Crippen molar-refractivity contribution in [2.45, 2.75) is 19.3 Å². The van der Waals surface area contributed by atoms with Gasteiger partial charge in [-0.2, -0.15) is 0 Å². The highest BCUT2D eigenvalue weighted by Crippen LogP contribution is 2.26. The number of benzene rings is 1. The third-order valence-electron chi connectivity index (χ3n) is 4.39. The zero-order chi connectivity index (χ0) is 16.6. The van der Waals surface area contributed by atoms with E-state index < -0.39 is 23.6 Å². The number of carboxylic acid groups (broad SMARTS) is 1. The minimum atomic E-state index is -0.947. The molecule has 122 valence electrons. The molecule has 2 aliphatic heterocycles. The number of anilines is 1. The van der Waals surface area contributed by atoms with E-state index >= 15 is 0 Å². The van der Waals surface area contributed by atoms with E-state index in [1.54, 1.807) is 4.90 Å². The molecule has 23 heavy (non-hydrogen) atoms. The third kappa shape index (κ3) is 2.91. The van der Waals surface area contributed by atoms with Crippen LogP contribution in [0.3, 0.4) is 0 Å². The number of hydrogen-bond acceptors (Lipinski definition) is 3. The van der Waals surface area contributed by atoms with Crippen molar-refractivity contribution < 1.29 is 23.9 Å². The van der Waals surface area contributed by atoms with Gasteiger partial charge in [0, 0.05) is 31.7 Å². The monoisotopic (exact) mass is 320 g/mol. The van der Waals surface area contributed by atoms with Gasteiger partial charge in [0.2, 0.25) is 5.91 Å². The summed E-state index contributed by atoms with van der Waals surface area (Å²) < 4.78 is 14.0. The SMILES string of the molecule is O=C(O)[C@@H]1CCN(C(=O)c2cc(N3CCCC3=O)ccc2F)C1. The van der Waals surface area contributed by atoms with Crippen molar-refractivity contribution in [2.75, 3.05) is 24.5 Å². The molecule has 1 N–H and O–H groups in total. The summed E-state index contributed by atoms with van der Waals surface area (Å²) in [6.45, 7) is 0.936. The molecule has 7 heteroatoms. The largest absolute Gasteiger partial charge is 0.481 e. The average Bonchev–Trinajstić information content (AvgIpc) is 3.16. The summed E-state index contributed by atoms with van der Waals surface area (Å²) in [6, 6.07) is 4.05. The molecule has 1 aromatic rings. The molecule has 0 saturated carbocycles. The van der Waals surface area contributed by atoms with Gasteiger partial charge in [-0.15, -0.1) is 0 Å². The first kappa shape index (κ1) is 15.5. The van der Waals surface area contributed by atoms with Crippen LogP contribution in [0.15, 0.2) is 18.2 Å². The molecule has 2 saturated heterocycles. The molecule has 0 bridgehead atoms. The fraction of sp³-hybridized carbons (Fsp3) is 0.438. The highest BCUT2D eigenvalue weighted by atomic mass is 19.1. The Morgan fingerprint density at radius 1 is 1.26 bits per heavy atom. The summed E-state index contributed by atoms with van der Waals surface area (Å²) in [5, 5.41) is 9.00. The first-order valence-electron chi connectivity index (χ1n) is 7.59. The molecule has 6 nitrogen and oxygen atoms in total. The van der Waals surface area contributed by atoms with Crippen LogP contribution in [0.25, 0.3) is 0 Å². The van der Waals surface area contributed by atoms with Gasteiger partial charge in [-0.25, -0.2) is 4.39 Å². The van der Waals surface area contributed by atoms with Gasteiger partial charge in [0.1, 0.15) is 5.82 Å². The molecule has 2 heterocycles. The van der Waals surface area contributed by atoms with Crippen LogP contribution in [-0.2, 0) is 9.59 Å². The second kappa shape index (κ2) is 5.98. The molecule has 2 fully saturated rings. The Morgan fingerprint density at radius 3 is 2.65 bits per heavy atom. The zero-order valence-electron chi connectivity index (χ0n) is 12.5. The molecule has 0 radical (unpaired) electrons. The van der Waals surface area contributed by atoms with Crippen LogP contribution in [0.4, 0.5) is 10.1 Å². The topological polar surface area (TPSA) is 77.9 Å². The molecule has 3 rings (SSSR count). The van der Waals surface area contributed by atoms with Crippen LogP contribution in [-0.4, -0.2) is 47.4 Å². The molecule has 0 unspecified atom stereocenters. The fourth-order valence-corrected chi connectivity index (χ4v) is 3.08. The molecule has 0 spiro atoms. The van der Waals surface area contributed by atoms with E-state index in [0.29, 0.717) is 31.6 Å². The number of carboxylic acids is 1. The van der Waals surface area contributed by atoms with E-state index in [-0.39, 0.29) is 18.0 Å². The molecular weight excluding hydrogens is 303 g/mol. The molecule has 2 amide bonds. The Kier molecular flexibility index (Phi) is 4.02. The van der Waals surface area contributed by atoms with Gasteiger partial charge in [0.25, 0.3) is 5.91 Å². The van der Waals surface area contributed by atoms with E-state index in [0.717, 1.165) is 6.42 Å². The van der Waals surface area contributed by atoms with E-state index in [4.69, 9.17) is 5.11 Å². The van der Waals surface area contributed by atoms with Gasteiger partial charge < -0.3 is 14.9 Å².